The maximum absolute atomic E-state index is 12.0. The Morgan fingerprint density at radius 2 is 2.30 bits per heavy atom. The van der Waals surface area contributed by atoms with Gasteiger partial charge in [-0.15, -0.1) is 0 Å². The van der Waals surface area contributed by atoms with Crippen molar-refractivity contribution in [3.63, 3.8) is 0 Å². The third-order valence-electron chi connectivity index (χ3n) is 3.47. The molecule has 0 saturated heterocycles. The molecule has 2 rings (SSSR count). The number of nitrogen functional groups attached to an aromatic ring is 1. The molecule has 1 fully saturated rings. The number of amides is 1. The molecule has 1 aromatic heterocycles. The molecule has 0 aromatic carbocycles. The van der Waals surface area contributed by atoms with Gasteiger partial charge in [-0.1, -0.05) is 6.92 Å². The van der Waals surface area contributed by atoms with E-state index in [1.807, 2.05) is 11.8 Å². The first kappa shape index (κ1) is 15.0. The largest absolute Gasteiger partial charge is 0.398 e. The minimum atomic E-state index is -0.208. The van der Waals surface area contributed by atoms with Crippen LogP contribution in [0.2, 0.25) is 0 Å². The van der Waals surface area contributed by atoms with Gasteiger partial charge in [-0.3, -0.25) is 9.59 Å². The molecule has 0 radical (unpaired) electrons. The Balaban J connectivity index is 1.87. The van der Waals surface area contributed by atoms with E-state index in [-0.39, 0.29) is 24.1 Å². The lowest BCUT2D eigenvalue weighted by Gasteiger charge is -2.14. The van der Waals surface area contributed by atoms with Crippen molar-refractivity contribution in [3.05, 3.63) is 28.7 Å². The summed E-state index contributed by atoms with van der Waals surface area (Å²) >= 11 is 1.96. The number of aromatic nitrogens is 1. The van der Waals surface area contributed by atoms with Gasteiger partial charge in [0.2, 0.25) is 5.91 Å². The van der Waals surface area contributed by atoms with E-state index < -0.39 is 0 Å². The minimum absolute atomic E-state index is 0.0337. The van der Waals surface area contributed by atoms with E-state index in [1.54, 1.807) is 6.07 Å². The summed E-state index contributed by atoms with van der Waals surface area (Å²) in [5.74, 6) is 0.995. The number of nitrogens with one attached hydrogen (secondary N) is 1. The zero-order chi connectivity index (χ0) is 14.5. The van der Waals surface area contributed by atoms with Crippen LogP contribution in [0.15, 0.2) is 23.1 Å². The molecule has 1 saturated carbocycles. The van der Waals surface area contributed by atoms with Crippen LogP contribution in [-0.2, 0) is 11.3 Å². The highest BCUT2D eigenvalue weighted by molar-refractivity contribution is 7.99. The van der Waals surface area contributed by atoms with Gasteiger partial charge in [0.1, 0.15) is 6.54 Å². The fourth-order valence-corrected chi connectivity index (χ4v) is 3.70. The van der Waals surface area contributed by atoms with Gasteiger partial charge in [-0.05, 0) is 31.1 Å². The zero-order valence-electron chi connectivity index (χ0n) is 11.7. The van der Waals surface area contributed by atoms with Gasteiger partial charge in [0.15, 0.2) is 0 Å². The third-order valence-corrected chi connectivity index (χ3v) is 4.71. The number of thioether (sulfide) groups is 1. The molecule has 0 aliphatic heterocycles. The van der Waals surface area contributed by atoms with Crippen molar-refractivity contribution < 1.29 is 4.79 Å². The summed E-state index contributed by atoms with van der Waals surface area (Å²) in [5, 5.41) is 3.66. The maximum atomic E-state index is 12.0. The summed E-state index contributed by atoms with van der Waals surface area (Å²) in [6, 6.07) is 3.16. The second-order valence-corrected chi connectivity index (χ2v) is 6.66. The summed E-state index contributed by atoms with van der Waals surface area (Å²) < 4.78 is 1.35. The van der Waals surface area contributed by atoms with Gasteiger partial charge in [0.05, 0.1) is 0 Å². The van der Waals surface area contributed by atoms with Gasteiger partial charge in [-0.2, -0.15) is 11.8 Å². The number of hydrogen-bond donors (Lipinski definition) is 2. The highest BCUT2D eigenvalue weighted by atomic mass is 32.2. The first-order valence-electron chi connectivity index (χ1n) is 6.95. The molecule has 1 aromatic rings. The molecule has 0 spiro atoms. The fraction of sp³-hybridized carbons (Fsp3) is 0.571. The summed E-state index contributed by atoms with van der Waals surface area (Å²) in [5.41, 5.74) is 5.90. The molecule has 6 heteroatoms. The van der Waals surface area contributed by atoms with E-state index in [0.717, 1.165) is 25.0 Å². The standard InChI is InChI=1S/C14H21N3O2S/c1-2-20-12-5-4-11(7-12)16-13(18)9-17-8-10(15)3-6-14(17)19/h3,6,8,11-12H,2,4-5,7,9,15H2,1H3,(H,16,18). The maximum Gasteiger partial charge on any atom is 0.251 e. The number of rotatable bonds is 5. The van der Waals surface area contributed by atoms with Crippen LogP contribution in [-0.4, -0.2) is 27.5 Å². The predicted molar refractivity (Wildman–Crippen MR) is 82.8 cm³/mol. The van der Waals surface area contributed by atoms with Crippen molar-refractivity contribution in [1.82, 2.24) is 9.88 Å². The Bertz CT molecular complexity index is 529. The molecular formula is C14H21N3O2S. The molecule has 0 bridgehead atoms. The average Bonchev–Trinajstić information content (AvgIpc) is 2.81. The third kappa shape index (κ3) is 4.03. The Morgan fingerprint density at radius 1 is 1.50 bits per heavy atom. The lowest BCUT2D eigenvalue weighted by Crippen LogP contribution is -2.37. The van der Waals surface area contributed by atoms with Gasteiger partial charge >= 0.3 is 0 Å². The van der Waals surface area contributed by atoms with E-state index in [1.165, 1.54) is 16.8 Å². The van der Waals surface area contributed by atoms with Gasteiger partial charge in [0.25, 0.3) is 5.56 Å². The highest BCUT2D eigenvalue weighted by Gasteiger charge is 2.25. The average molecular weight is 295 g/mol. The van der Waals surface area contributed by atoms with Crippen molar-refractivity contribution in [2.24, 2.45) is 0 Å². The van der Waals surface area contributed by atoms with Crippen molar-refractivity contribution in [2.45, 2.75) is 44.0 Å². The summed E-state index contributed by atoms with van der Waals surface area (Å²) in [6.07, 6.45) is 4.71. The van der Waals surface area contributed by atoms with E-state index in [2.05, 4.69) is 12.2 Å². The molecule has 20 heavy (non-hydrogen) atoms. The Labute approximate surface area is 122 Å². The summed E-state index contributed by atoms with van der Waals surface area (Å²) in [4.78, 5) is 23.6. The highest BCUT2D eigenvalue weighted by Crippen LogP contribution is 2.29. The number of hydrogen-bond acceptors (Lipinski definition) is 4. The zero-order valence-corrected chi connectivity index (χ0v) is 12.5. The second-order valence-electron chi connectivity index (χ2n) is 5.08. The molecule has 1 aliphatic carbocycles. The number of anilines is 1. The monoisotopic (exact) mass is 295 g/mol. The Hall–Kier alpha value is -1.43. The van der Waals surface area contributed by atoms with E-state index in [0.29, 0.717) is 10.9 Å². The van der Waals surface area contributed by atoms with Crippen LogP contribution in [0.1, 0.15) is 26.2 Å². The second kappa shape index (κ2) is 6.83. The molecule has 110 valence electrons. The molecule has 2 atom stereocenters. The van der Waals surface area contributed by atoms with Crippen LogP contribution in [0.5, 0.6) is 0 Å². The number of carbonyl (C=O) groups is 1. The van der Waals surface area contributed by atoms with Crippen LogP contribution in [0.25, 0.3) is 0 Å². The van der Waals surface area contributed by atoms with Crippen molar-refractivity contribution >= 4 is 23.4 Å². The van der Waals surface area contributed by atoms with Crippen molar-refractivity contribution in [2.75, 3.05) is 11.5 Å². The quantitative estimate of drug-likeness (QED) is 0.856. The SMILES string of the molecule is CCSC1CCC(NC(=O)Cn2cc(N)ccc2=O)C1. The van der Waals surface area contributed by atoms with Crippen LogP contribution < -0.4 is 16.6 Å². The molecule has 1 amide bonds. The van der Waals surface area contributed by atoms with Crippen molar-refractivity contribution in [1.29, 1.82) is 0 Å². The van der Waals surface area contributed by atoms with Gasteiger partial charge in [0, 0.05) is 29.2 Å². The normalized spacial score (nSPS) is 21.9. The van der Waals surface area contributed by atoms with Crippen LogP contribution >= 0.6 is 11.8 Å². The Kier molecular flexibility index (Phi) is 5.11. The van der Waals surface area contributed by atoms with E-state index in [4.69, 9.17) is 5.73 Å². The molecular weight excluding hydrogens is 274 g/mol. The lowest BCUT2D eigenvalue weighted by molar-refractivity contribution is -0.122. The van der Waals surface area contributed by atoms with Gasteiger partial charge in [-0.25, -0.2) is 0 Å². The van der Waals surface area contributed by atoms with Gasteiger partial charge < -0.3 is 15.6 Å². The van der Waals surface area contributed by atoms with Crippen LogP contribution in [0.4, 0.5) is 5.69 Å². The molecule has 3 N–H and O–H groups in total. The van der Waals surface area contributed by atoms with Crippen LogP contribution in [0, 0.1) is 0 Å². The first-order chi connectivity index (χ1) is 9.58. The fourth-order valence-electron chi connectivity index (χ4n) is 2.56. The molecule has 1 heterocycles. The van der Waals surface area contributed by atoms with E-state index >= 15 is 0 Å². The number of nitrogens with two attached hydrogens (primary N) is 1. The predicted octanol–water partition coefficient (Wildman–Crippen LogP) is 1.22. The number of pyridine rings is 1. The molecule has 2 unspecified atom stereocenters. The van der Waals surface area contributed by atoms with Crippen molar-refractivity contribution in [3.8, 4) is 0 Å². The molecule has 1 aliphatic rings. The number of carbonyl (C=O) groups excluding carboxylic acids is 1. The minimum Gasteiger partial charge on any atom is -0.398 e. The topological polar surface area (TPSA) is 77.1 Å². The summed E-state index contributed by atoms with van der Waals surface area (Å²) in [6.45, 7) is 2.19. The summed E-state index contributed by atoms with van der Waals surface area (Å²) in [7, 11) is 0. The first-order valence-corrected chi connectivity index (χ1v) is 8.00. The Morgan fingerprint density at radius 3 is 3.05 bits per heavy atom. The smallest absolute Gasteiger partial charge is 0.251 e. The van der Waals surface area contributed by atoms with E-state index in [9.17, 15) is 9.59 Å². The molecule has 5 nitrogen and oxygen atoms in total. The number of nitrogens with zero attached hydrogens (tertiary/aromatic N) is 1. The van der Waals surface area contributed by atoms with Crippen LogP contribution in [0.3, 0.4) is 0 Å². The lowest BCUT2D eigenvalue weighted by atomic mass is 10.2.